The highest BCUT2D eigenvalue weighted by atomic mass is 32.2. The third kappa shape index (κ3) is 1.56. The summed E-state index contributed by atoms with van der Waals surface area (Å²) in [5, 5.41) is 19.3. The van der Waals surface area contributed by atoms with Gasteiger partial charge in [0.25, 0.3) is 5.91 Å². The molecule has 0 aromatic heterocycles. The number of amides is 1. The van der Waals surface area contributed by atoms with Gasteiger partial charge in [-0.2, -0.15) is 22.3 Å². The molecule has 2 aliphatic rings. The van der Waals surface area contributed by atoms with Gasteiger partial charge in [-0.1, -0.05) is 0 Å². The van der Waals surface area contributed by atoms with Crippen LogP contribution in [0, 0.1) is 34.0 Å². The van der Waals surface area contributed by atoms with Crippen LogP contribution in [0.15, 0.2) is 11.4 Å². The summed E-state index contributed by atoms with van der Waals surface area (Å²) < 4.78 is 0. The molecule has 2 aliphatic heterocycles. The van der Waals surface area contributed by atoms with E-state index in [0.29, 0.717) is 12.8 Å². The lowest BCUT2D eigenvalue weighted by Crippen LogP contribution is -2.55. The van der Waals surface area contributed by atoms with Crippen LogP contribution in [0.25, 0.3) is 0 Å². The number of thioether (sulfide) groups is 1. The van der Waals surface area contributed by atoms with Crippen molar-refractivity contribution in [1.82, 2.24) is 5.01 Å². The van der Waals surface area contributed by atoms with Gasteiger partial charge in [0.2, 0.25) is 0 Å². The first kappa shape index (κ1) is 12.7. The van der Waals surface area contributed by atoms with Crippen molar-refractivity contribution in [1.29, 1.82) is 10.5 Å². The molecule has 0 aliphatic carbocycles. The molecule has 1 fully saturated rings. The highest BCUT2D eigenvalue weighted by Gasteiger charge is 2.53. The zero-order valence-electron chi connectivity index (χ0n) is 9.72. The quantitative estimate of drug-likeness (QED) is 0.470. The van der Waals surface area contributed by atoms with Gasteiger partial charge in [-0.3, -0.25) is 4.79 Å². The number of hydrogen-bond acceptors (Lipinski definition) is 6. The molecule has 94 valence electrons. The molecule has 2 heterocycles. The number of hydrogen-bond donors (Lipinski definition) is 2. The highest BCUT2D eigenvalue weighted by Crippen LogP contribution is 2.50. The maximum atomic E-state index is 12.0. The largest absolute Gasteiger partial charge is 0.383 e. The third-order valence-electron chi connectivity index (χ3n) is 3.68. The predicted molar refractivity (Wildman–Crippen MR) is 66.0 cm³/mol. The minimum atomic E-state index is -0.912. The minimum Gasteiger partial charge on any atom is -0.383 e. The highest BCUT2D eigenvalue weighted by molar-refractivity contribution is 7.99. The van der Waals surface area contributed by atoms with E-state index in [2.05, 4.69) is 0 Å². The summed E-state index contributed by atoms with van der Waals surface area (Å²) in [5.74, 6) is 5.73. The number of nitriles is 2. The SMILES string of the molecule is N#CC1=C(N)N(N)C(=O)C(C#N)C12CCSCC2. The molecule has 1 atom stereocenters. The van der Waals surface area contributed by atoms with Crippen LogP contribution in [0.2, 0.25) is 0 Å². The second-order valence-corrected chi connectivity index (χ2v) is 5.64. The summed E-state index contributed by atoms with van der Waals surface area (Å²) in [6.07, 6.45) is 1.22. The topological polar surface area (TPSA) is 120 Å². The number of allylic oxidation sites excluding steroid dienone is 1. The maximum absolute atomic E-state index is 12.0. The fourth-order valence-electron chi connectivity index (χ4n) is 2.64. The van der Waals surface area contributed by atoms with Crippen LogP contribution in [0.3, 0.4) is 0 Å². The first-order valence-electron chi connectivity index (χ1n) is 5.55. The zero-order valence-corrected chi connectivity index (χ0v) is 10.5. The molecule has 0 bridgehead atoms. The van der Waals surface area contributed by atoms with Crippen LogP contribution < -0.4 is 11.6 Å². The van der Waals surface area contributed by atoms with E-state index in [-0.39, 0.29) is 11.4 Å². The van der Waals surface area contributed by atoms with Gasteiger partial charge in [0, 0.05) is 5.41 Å². The van der Waals surface area contributed by atoms with E-state index < -0.39 is 17.2 Å². The molecule has 1 amide bonds. The van der Waals surface area contributed by atoms with Gasteiger partial charge < -0.3 is 5.73 Å². The molecule has 1 unspecified atom stereocenters. The molecule has 1 saturated heterocycles. The molecule has 1 spiro atoms. The summed E-state index contributed by atoms with van der Waals surface area (Å²) in [6.45, 7) is 0. The van der Waals surface area contributed by atoms with Crippen molar-refractivity contribution in [3.05, 3.63) is 11.4 Å². The van der Waals surface area contributed by atoms with Crippen molar-refractivity contribution in [3.8, 4) is 12.1 Å². The lowest BCUT2D eigenvalue weighted by molar-refractivity contribution is -0.137. The second kappa shape index (κ2) is 4.52. The Kier molecular flexibility index (Phi) is 3.20. The molecule has 18 heavy (non-hydrogen) atoms. The standard InChI is InChI=1S/C11H13N5OS/c12-5-7-9(14)16(15)10(17)8(6-13)11(7)1-3-18-4-2-11/h8H,1-4,14-15H2. The van der Waals surface area contributed by atoms with Crippen LogP contribution >= 0.6 is 11.8 Å². The van der Waals surface area contributed by atoms with E-state index in [9.17, 15) is 15.3 Å². The molecule has 0 aromatic carbocycles. The summed E-state index contributed by atoms with van der Waals surface area (Å²) in [6, 6.07) is 4.06. The second-order valence-electron chi connectivity index (χ2n) is 4.41. The van der Waals surface area contributed by atoms with Gasteiger partial charge in [0.1, 0.15) is 11.7 Å². The summed E-state index contributed by atoms with van der Waals surface area (Å²) >= 11 is 1.75. The molecule has 6 nitrogen and oxygen atoms in total. The Morgan fingerprint density at radius 2 is 2.00 bits per heavy atom. The van der Waals surface area contributed by atoms with E-state index in [4.69, 9.17) is 11.6 Å². The molecule has 2 rings (SSSR count). The van der Waals surface area contributed by atoms with Crippen LogP contribution in [0.1, 0.15) is 12.8 Å². The van der Waals surface area contributed by atoms with Crippen molar-refractivity contribution < 1.29 is 4.79 Å². The molecular formula is C11H13N5OS. The fraction of sp³-hybridized carbons (Fsp3) is 0.545. The van der Waals surface area contributed by atoms with Crippen molar-refractivity contribution in [2.24, 2.45) is 22.9 Å². The molecular weight excluding hydrogens is 250 g/mol. The van der Waals surface area contributed by atoms with E-state index in [1.165, 1.54) is 0 Å². The Hall–Kier alpha value is -1.70. The van der Waals surface area contributed by atoms with Crippen molar-refractivity contribution in [2.75, 3.05) is 11.5 Å². The van der Waals surface area contributed by atoms with Gasteiger partial charge in [0.05, 0.1) is 17.7 Å². The summed E-state index contributed by atoms with van der Waals surface area (Å²) in [5.41, 5.74) is 5.31. The number of carbonyl (C=O) groups excluding carboxylic acids is 1. The van der Waals surface area contributed by atoms with Crippen LogP contribution in [0.5, 0.6) is 0 Å². The normalized spacial score (nSPS) is 26.9. The Balaban J connectivity index is 2.61. The van der Waals surface area contributed by atoms with Crippen LogP contribution in [-0.2, 0) is 4.79 Å². The first-order chi connectivity index (χ1) is 8.58. The minimum absolute atomic E-state index is 0.0131. The predicted octanol–water partition coefficient (Wildman–Crippen LogP) is 0.0494. The van der Waals surface area contributed by atoms with Gasteiger partial charge in [-0.15, -0.1) is 0 Å². The van der Waals surface area contributed by atoms with Crippen LogP contribution in [0.4, 0.5) is 0 Å². The Labute approximate surface area is 109 Å². The van der Waals surface area contributed by atoms with Crippen molar-refractivity contribution >= 4 is 17.7 Å². The molecule has 0 radical (unpaired) electrons. The number of nitrogens with two attached hydrogens (primary N) is 2. The van der Waals surface area contributed by atoms with E-state index in [0.717, 1.165) is 16.5 Å². The Bertz CT molecular complexity index is 495. The molecule has 0 aromatic rings. The third-order valence-corrected chi connectivity index (χ3v) is 4.66. The number of hydrazine groups is 1. The van der Waals surface area contributed by atoms with Crippen molar-refractivity contribution in [3.63, 3.8) is 0 Å². The van der Waals surface area contributed by atoms with E-state index in [1.807, 2.05) is 12.1 Å². The first-order valence-corrected chi connectivity index (χ1v) is 6.70. The maximum Gasteiger partial charge on any atom is 0.260 e. The average Bonchev–Trinajstić information content (AvgIpc) is 2.39. The Morgan fingerprint density at radius 3 is 2.50 bits per heavy atom. The van der Waals surface area contributed by atoms with Gasteiger partial charge in [-0.05, 0) is 24.3 Å². The number of nitrogens with zero attached hydrogens (tertiary/aromatic N) is 3. The van der Waals surface area contributed by atoms with E-state index >= 15 is 0 Å². The molecule has 7 heteroatoms. The van der Waals surface area contributed by atoms with Crippen LogP contribution in [-0.4, -0.2) is 22.4 Å². The van der Waals surface area contributed by atoms with Gasteiger partial charge in [-0.25, -0.2) is 10.9 Å². The smallest absolute Gasteiger partial charge is 0.260 e. The fourth-order valence-corrected chi connectivity index (χ4v) is 3.86. The summed E-state index contributed by atoms with van der Waals surface area (Å²) in [4.78, 5) is 12.0. The number of carbonyl (C=O) groups is 1. The van der Waals surface area contributed by atoms with E-state index in [1.54, 1.807) is 11.8 Å². The monoisotopic (exact) mass is 263 g/mol. The molecule has 4 N–H and O–H groups in total. The van der Waals surface area contributed by atoms with Gasteiger partial charge in [0.15, 0.2) is 0 Å². The number of rotatable bonds is 0. The van der Waals surface area contributed by atoms with Crippen molar-refractivity contribution in [2.45, 2.75) is 12.8 Å². The summed E-state index contributed by atoms with van der Waals surface area (Å²) in [7, 11) is 0. The van der Waals surface area contributed by atoms with Gasteiger partial charge >= 0.3 is 0 Å². The lowest BCUT2D eigenvalue weighted by Gasteiger charge is -2.44. The zero-order chi connectivity index (χ0) is 13.3. The molecule has 0 saturated carbocycles. The average molecular weight is 263 g/mol. The lowest BCUT2D eigenvalue weighted by atomic mass is 9.64. The Morgan fingerprint density at radius 1 is 1.39 bits per heavy atom.